The molecule has 1 amide bonds. The van der Waals surface area contributed by atoms with Gasteiger partial charge < -0.3 is 19.5 Å². The number of ether oxygens (including phenoxy) is 3. The van der Waals surface area contributed by atoms with Gasteiger partial charge in [-0.3, -0.25) is 4.79 Å². The Labute approximate surface area is 177 Å². The molecule has 3 aromatic carbocycles. The van der Waals surface area contributed by atoms with Crippen LogP contribution in [0.15, 0.2) is 72.8 Å². The summed E-state index contributed by atoms with van der Waals surface area (Å²) in [7, 11) is 4.68. The van der Waals surface area contributed by atoms with Crippen LogP contribution in [0.3, 0.4) is 0 Å². The second-order valence-electron chi connectivity index (χ2n) is 6.93. The van der Waals surface area contributed by atoms with E-state index in [0.717, 1.165) is 11.1 Å². The predicted molar refractivity (Wildman–Crippen MR) is 117 cm³/mol. The molecule has 5 nitrogen and oxygen atoms in total. The van der Waals surface area contributed by atoms with Crippen LogP contribution in [0.1, 0.15) is 22.7 Å². The highest BCUT2D eigenvalue weighted by Crippen LogP contribution is 2.38. The second kappa shape index (κ2) is 10.3. The van der Waals surface area contributed by atoms with Crippen molar-refractivity contribution in [1.29, 1.82) is 0 Å². The Hall–Kier alpha value is -3.47. The van der Waals surface area contributed by atoms with E-state index in [-0.39, 0.29) is 18.4 Å². The number of hydrogen-bond acceptors (Lipinski definition) is 4. The molecule has 0 bridgehead atoms. The van der Waals surface area contributed by atoms with Crippen LogP contribution < -0.4 is 19.5 Å². The first-order chi connectivity index (χ1) is 14.6. The molecule has 0 aliphatic rings. The third kappa shape index (κ3) is 5.32. The SMILES string of the molecule is COc1cc(CC(=O)NC(Cc2ccccc2)c2ccccc2)cc(OC)c1OC. The summed E-state index contributed by atoms with van der Waals surface area (Å²) in [6.07, 6.45) is 0.917. The summed E-state index contributed by atoms with van der Waals surface area (Å²) >= 11 is 0. The maximum atomic E-state index is 12.9. The Bertz CT molecular complexity index is 932. The van der Waals surface area contributed by atoms with Gasteiger partial charge in [-0.2, -0.15) is 0 Å². The summed E-state index contributed by atoms with van der Waals surface area (Å²) in [5.74, 6) is 1.50. The van der Waals surface area contributed by atoms with Crippen molar-refractivity contribution in [3.63, 3.8) is 0 Å². The standard InChI is InChI=1S/C25H27NO4/c1-28-22-15-19(16-23(29-2)25(22)30-3)17-24(27)26-21(20-12-8-5-9-13-20)14-18-10-6-4-7-11-18/h4-13,15-16,21H,14,17H2,1-3H3,(H,26,27). The molecule has 0 heterocycles. The number of nitrogens with one attached hydrogen (secondary N) is 1. The summed E-state index contributed by atoms with van der Waals surface area (Å²) in [5, 5.41) is 3.18. The molecule has 0 radical (unpaired) electrons. The highest BCUT2D eigenvalue weighted by Gasteiger charge is 2.18. The Balaban J connectivity index is 1.79. The number of carbonyl (C=O) groups excluding carboxylic acids is 1. The van der Waals surface area contributed by atoms with Gasteiger partial charge in [-0.15, -0.1) is 0 Å². The van der Waals surface area contributed by atoms with Crippen molar-refractivity contribution < 1.29 is 19.0 Å². The number of carbonyl (C=O) groups is 1. The summed E-state index contributed by atoms with van der Waals surface area (Å²) in [6, 6.07) is 23.6. The van der Waals surface area contributed by atoms with Gasteiger partial charge in [-0.25, -0.2) is 0 Å². The van der Waals surface area contributed by atoms with Gasteiger partial charge in [0.2, 0.25) is 11.7 Å². The lowest BCUT2D eigenvalue weighted by Crippen LogP contribution is -2.31. The van der Waals surface area contributed by atoms with Gasteiger partial charge in [-0.1, -0.05) is 60.7 Å². The minimum absolute atomic E-state index is 0.0749. The Morgan fingerprint density at radius 1 is 0.800 bits per heavy atom. The molecule has 156 valence electrons. The zero-order valence-corrected chi connectivity index (χ0v) is 17.6. The summed E-state index contributed by atoms with van der Waals surface area (Å²) in [6.45, 7) is 0. The molecule has 1 atom stereocenters. The van der Waals surface area contributed by atoms with E-state index in [1.165, 1.54) is 5.56 Å². The van der Waals surface area contributed by atoms with E-state index in [1.54, 1.807) is 33.5 Å². The molecule has 0 saturated carbocycles. The lowest BCUT2D eigenvalue weighted by atomic mass is 9.98. The van der Waals surface area contributed by atoms with Crippen molar-refractivity contribution >= 4 is 5.91 Å². The van der Waals surface area contributed by atoms with E-state index >= 15 is 0 Å². The first-order valence-corrected chi connectivity index (χ1v) is 9.81. The van der Waals surface area contributed by atoms with E-state index in [9.17, 15) is 4.79 Å². The molecule has 1 N–H and O–H groups in total. The predicted octanol–water partition coefficient (Wildman–Crippen LogP) is 4.36. The number of hydrogen-bond donors (Lipinski definition) is 1. The molecule has 0 aliphatic heterocycles. The van der Waals surface area contributed by atoms with Crippen LogP contribution in [-0.4, -0.2) is 27.2 Å². The quantitative estimate of drug-likeness (QED) is 0.575. The van der Waals surface area contributed by atoms with Gasteiger partial charge in [0.25, 0.3) is 0 Å². The second-order valence-corrected chi connectivity index (χ2v) is 6.93. The monoisotopic (exact) mass is 405 g/mol. The molecule has 5 heteroatoms. The highest BCUT2D eigenvalue weighted by atomic mass is 16.5. The zero-order chi connectivity index (χ0) is 21.3. The average molecular weight is 405 g/mol. The molecule has 3 aromatic rings. The number of rotatable bonds is 9. The van der Waals surface area contributed by atoms with Gasteiger partial charge in [0, 0.05) is 0 Å². The molecule has 1 unspecified atom stereocenters. The maximum absolute atomic E-state index is 12.9. The highest BCUT2D eigenvalue weighted by molar-refractivity contribution is 5.79. The largest absolute Gasteiger partial charge is 0.493 e. The minimum Gasteiger partial charge on any atom is -0.493 e. The van der Waals surface area contributed by atoms with E-state index in [1.807, 2.05) is 48.5 Å². The molecule has 3 rings (SSSR count). The van der Waals surface area contributed by atoms with Gasteiger partial charge >= 0.3 is 0 Å². The van der Waals surface area contributed by atoms with Crippen molar-refractivity contribution in [3.05, 3.63) is 89.5 Å². The average Bonchev–Trinajstić information content (AvgIpc) is 2.79. The maximum Gasteiger partial charge on any atom is 0.224 e. The first-order valence-electron chi connectivity index (χ1n) is 9.81. The van der Waals surface area contributed by atoms with Gasteiger partial charge in [-0.05, 0) is 35.2 Å². The van der Waals surface area contributed by atoms with Gasteiger partial charge in [0.1, 0.15) is 0 Å². The Kier molecular flexibility index (Phi) is 7.33. The van der Waals surface area contributed by atoms with Crippen molar-refractivity contribution in [2.24, 2.45) is 0 Å². The van der Waals surface area contributed by atoms with Crippen LogP contribution in [0.25, 0.3) is 0 Å². The molecule has 0 fully saturated rings. The zero-order valence-electron chi connectivity index (χ0n) is 17.6. The van der Waals surface area contributed by atoms with Crippen molar-refractivity contribution in [3.8, 4) is 17.2 Å². The molecule has 0 aromatic heterocycles. The molecule has 30 heavy (non-hydrogen) atoms. The topological polar surface area (TPSA) is 56.8 Å². The van der Waals surface area contributed by atoms with Crippen molar-refractivity contribution in [2.75, 3.05) is 21.3 Å². The number of benzene rings is 3. The number of methoxy groups -OCH3 is 3. The Morgan fingerprint density at radius 3 is 1.90 bits per heavy atom. The minimum atomic E-state index is -0.122. The molecule has 0 saturated heterocycles. The van der Waals surface area contributed by atoms with Crippen LogP contribution in [-0.2, 0) is 17.6 Å². The summed E-state index contributed by atoms with van der Waals surface area (Å²) in [4.78, 5) is 12.9. The third-order valence-corrected chi connectivity index (χ3v) is 4.91. The lowest BCUT2D eigenvalue weighted by Gasteiger charge is -2.20. The summed E-state index contributed by atoms with van der Waals surface area (Å²) in [5.41, 5.74) is 3.02. The van der Waals surface area contributed by atoms with Crippen LogP contribution in [0, 0.1) is 0 Å². The van der Waals surface area contributed by atoms with Crippen LogP contribution in [0.4, 0.5) is 0 Å². The Morgan fingerprint density at radius 2 is 1.37 bits per heavy atom. The van der Waals surface area contributed by atoms with Gasteiger partial charge in [0.15, 0.2) is 11.5 Å². The third-order valence-electron chi connectivity index (χ3n) is 4.91. The fraction of sp³-hybridized carbons (Fsp3) is 0.240. The van der Waals surface area contributed by atoms with E-state index in [4.69, 9.17) is 14.2 Å². The van der Waals surface area contributed by atoms with E-state index < -0.39 is 0 Å². The van der Waals surface area contributed by atoms with Crippen LogP contribution in [0.5, 0.6) is 17.2 Å². The normalized spacial score (nSPS) is 11.4. The van der Waals surface area contributed by atoms with E-state index in [2.05, 4.69) is 17.4 Å². The van der Waals surface area contributed by atoms with Crippen molar-refractivity contribution in [2.45, 2.75) is 18.9 Å². The van der Waals surface area contributed by atoms with Crippen LogP contribution >= 0.6 is 0 Å². The fourth-order valence-electron chi connectivity index (χ4n) is 3.46. The molecular weight excluding hydrogens is 378 g/mol. The fourth-order valence-corrected chi connectivity index (χ4v) is 3.46. The molecule has 0 spiro atoms. The lowest BCUT2D eigenvalue weighted by molar-refractivity contribution is -0.121. The summed E-state index contributed by atoms with van der Waals surface area (Å²) < 4.78 is 16.1. The molecule has 0 aliphatic carbocycles. The van der Waals surface area contributed by atoms with Gasteiger partial charge in [0.05, 0.1) is 33.8 Å². The first kappa shape index (κ1) is 21.2. The van der Waals surface area contributed by atoms with Crippen LogP contribution in [0.2, 0.25) is 0 Å². The van der Waals surface area contributed by atoms with Crippen molar-refractivity contribution in [1.82, 2.24) is 5.32 Å². The van der Waals surface area contributed by atoms with E-state index in [0.29, 0.717) is 23.7 Å². The molecular formula is C25H27NO4. The number of amides is 1. The smallest absolute Gasteiger partial charge is 0.224 e.